The van der Waals surface area contributed by atoms with Gasteiger partial charge in [-0.3, -0.25) is 0 Å². The van der Waals surface area contributed by atoms with Gasteiger partial charge in [0, 0.05) is 15.4 Å². The molecule has 1 fully saturated rings. The van der Waals surface area contributed by atoms with Gasteiger partial charge in [0.05, 0.1) is 5.60 Å². The Morgan fingerprint density at radius 2 is 2.13 bits per heavy atom. The van der Waals surface area contributed by atoms with Crippen molar-refractivity contribution < 1.29 is 5.11 Å². The first-order valence-electron chi connectivity index (χ1n) is 5.30. The molecule has 0 bridgehead atoms. The monoisotopic (exact) mass is 288 g/mol. The van der Waals surface area contributed by atoms with Crippen LogP contribution < -0.4 is 0 Å². The van der Waals surface area contributed by atoms with E-state index in [-0.39, 0.29) is 5.41 Å². The number of rotatable bonds is 1. The summed E-state index contributed by atoms with van der Waals surface area (Å²) in [5, 5.41) is 14.9. The van der Waals surface area contributed by atoms with Gasteiger partial charge in [0.2, 0.25) is 0 Å². The van der Waals surface area contributed by atoms with Gasteiger partial charge in [-0.15, -0.1) is 0 Å². The molecule has 3 heteroatoms. The molecule has 0 radical (unpaired) electrons. The van der Waals surface area contributed by atoms with Crippen molar-refractivity contribution in [2.75, 3.05) is 0 Å². The van der Waals surface area contributed by atoms with E-state index in [1.807, 2.05) is 5.38 Å². The molecule has 2 atom stereocenters. The van der Waals surface area contributed by atoms with Crippen LogP contribution in [0, 0.1) is 11.3 Å². The van der Waals surface area contributed by atoms with Crippen LogP contribution in [0.1, 0.15) is 39.2 Å². The van der Waals surface area contributed by atoms with Gasteiger partial charge in [0.15, 0.2) is 0 Å². The summed E-state index contributed by atoms with van der Waals surface area (Å²) < 4.78 is 1.06. The second-order valence-electron chi connectivity index (χ2n) is 5.50. The lowest BCUT2D eigenvalue weighted by molar-refractivity contribution is -0.00109. The fraction of sp³-hybridized carbons (Fsp3) is 0.667. The van der Waals surface area contributed by atoms with Gasteiger partial charge in [-0.25, -0.2) is 0 Å². The minimum absolute atomic E-state index is 0.246. The largest absolute Gasteiger partial charge is 0.385 e. The van der Waals surface area contributed by atoms with E-state index < -0.39 is 5.60 Å². The first-order valence-corrected chi connectivity index (χ1v) is 7.03. The number of hydrogen-bond donors (Lipinski definition) is 1. The molecule has 1 aliphatic rings. The van der Waals surface area contributed by atoms with Crippen molar-refractivity contribution in [3.63, 3.8) is 0 Å². The Morgan fingerprint density at radius 1 is 1.47 bits per heavy atom. The van der Waals surface area contributed by atoms with Crippen LogP contribution in [0.15, 0.2) is 15.2 Å². The van der Waals surface area contributed by atoms with Crippen LogP contribution in [0.3, 0.4) is 0 Å². The minimum Gasteiger partial charge on any atom is -0.385 e. The van der Waals surface area contributed by atoms with Crippen LogP contribution in [0.25, 0.3) is 0 Å². The average molecular weight is 289 g/mol. The summed E-state index contributed by atoms with van der Waals surface area (Å²) in [6, 6.07) is 0. The molecule has 15 heavy (non-hydrogen) atoms. The molecule has 2 unspecified atom stereocenters. The van der Waals surface area contributed by atoms with E-state index in [0.717, 1.165) is 22.9 Å². The van der Waals surface area contributed by atoms with E-state index in [4.69, 9.17) is 0 Å². The highest BCUT2D eigenvalue weighted by molar-refractivity contribution is 9.10. The van der Waals surface area contributed by atoms with Crippen LogP contribution in [0.2, 0.25) is 0 Å². The predicted molar refractivity (Wildman–Crippen MR) is 68.1 cm³/mol. The molecule has 1 nitrogen and oxygen atoms in total. The summed E-state index contributed by atoms with van der Waals surface area (Å²) in [5.41, 5.74) is 0.684. The standard InChI is InChI=1S/C12H17BrOS/c1-8-4-11(2,3)7-12(8,14)9-5-15-6-10(9)13/h5-6,8,14H,4,7H2,1-3H3. The van der Waals surface area contributed by atoms with Gasteiger partial charge in [0.25, 0.3) is 0 Å². The molecule has 1 heterocycles. The first-order chi connectivity index (χ1) is 6.85. The quantitative estimate of drug-likeness (QED) is 0.823. The van der Waals surface area contributed by atoms with E-state index in [1.165, 1.54) is 0 Å². The van der Waals surface area contributed by atoms with Crippen molar-refractivity contribution in [3.05, 3.63) is 20.8 Å². The lowest BCUT2D eigenvalue weighted by Crippen LogP contribution is -2.28. The Morgan fingerprint density at radius 3 is 2.53 bits per heavy atom. The lowest BCUT2D eigenvalue weighted by atomic mass is 9.85. The van der Waals surface area contributed by atoms with Gasteiger partial charge < -0.3 is 5.11 Å². The van der Waals surface area contributed by atoms with Crippen molar-refractivity contribution in [2.45, 2.75) is 39.2 Å². The zero-order chi connectivity index (χ0) is 11.3. The third-order valence-corrected chi connectivity index (χ3v) is 5.21. The molecule has 0 amide bonds. The Labute approximate surface area is 104 Å². The fourth-order valence-electron chi connectivity index (χ4n) is 2.92. The Balaban J connectivity index is 2.40. The molecule has 1 N–H and O–H groups in total. The molecular formula is C12H17BrOS. The second-order valence-corrected chi connectivity index (χ2v) is 7.10. The molecule has 0 aliphatic heterocycles. The van der Waals surface area contributed by atoms with Crippen LogP contribution >= 0.6 is 27.3 Å². The summed E-state index contributed by atoms with van der Waals surface area (Å²) >= 11 is 5.17. The number of halogens is 1. The van der Waals surface area contributed by atoms with Crippen molar-refractivity contribution in [2.24, 2.45) is 11.3 Å². The third-order valence-electron chi connectivity index (χ3n) is 3.50. The molecule has 0 aromatic carbocycles. The van der Waals surface area contributed by atoms with E-state index >= 15 is 0 Å². The minimum atomic E-state index is -0.637. The van der Waals surface area contributed by atoms with Gasteiger partial charge in [-0.1, -0.05) is 20.8 Å². The normalized spacial score (nSPS) is 34.6. The van der Waals surface area contributed by atoms with Gasteiger partial charge in [-0.05, 0) is 45.5 Å². The van der Waals surface area contributed by atoms with Crippen molar-refractivity contribution in [3.8, 4) is 0 Å². The van der Waals surface area contributed by atoms with E-state index in [9.17, 15) is 5.11 Å². The van der Waals surface area contributed by atoms with Crippen LogP contribution in [-0.4, -0.2) is 5.11 Å². The molecule has 0 spiro atoms. The zero-order valence-corrected chi connectivity index (χ0v) is 11.8. The predicted octanol–water partition coefficient (Wildman–Crippen LogP) is 4.15. The van der Waals surface area contributed by atoms with Gasteiger partial charge >= 0.3 is 0 Å². The molecule has 1 aromatic heterocycles. The van der Waals surface area contributed by atoms with E-state index in [0.29, 0.717) is 5.92 Å². The molecule has 2 rings (SSSR count). The maximum atomic E-state index is 10.8. The highest BCUT2D eigenvalue weighted by atomic mass is 79.9. The van der Waals surface area contributed by atoms with E-state index in [2.05, 4.69) is 42.1 Å². The van der Waals surface area contributed by atoms with Gasteiger partial charge in [-0.2, -0.15) is 11.3 Å². The SMILES string of the molecule is CC1CC(C)(C)CC1(O)c1cscc1Br. The third kappa shape index (κ3) is 1.90. The number of aliphatic hydroxyl groups is 1. The van der Waals surface area contributed by atoms with Crippen molar-refractivity contribution >= 4 is 27.3 Å². The lowest BCUT2D eigenvalue weighted by Gasteiger charge is -2.28. The Bertz CT molecular complexity index is 371. The molecule has 1 saturated carbocycles. The van der Waals surface area contributed by atoms with Gasteiger partial charge in [0.1, 0.15) is 0 Å². The highest BCUT2D eigenvalue weighted by Crippen LogP contribution is 2.54. The maximum absolute atomic E-state index is 10.8. The first kappa shape index (κ1) is 11.6. The Kier molecular flexibility index (Phi) is 2.77. The molecule has 1 aromatic rings. The van der Waals surface area contributed by atoms with E-state index in [1.54, 1.807) is 11.3 Å². The smallest absolute Gasteiger partial charge is 0.0946 e. The topological polar surface area (TPSA) is 20.2 Å². The summed E-state index contributed by atoms with van der Waals surface area (Å²) in [6.45, 7) is 6.63. The molecule has 1 aliphatic carbocycles. The van der Waals surface area contributed by atoms with Crippen molar-refractivity contribution in [1.29, 1.82) is 0 Å². The summed E-state index contributed by atoms with van der Waals surface area (Å²) in [5.74, 6) is 0.332. The zero-order valence-electron chi connectivity index (χ0n) is 9.38. The van der Waals surface area contributed by atoms with Crippen LogP contribution in [0.5, 0.6) is 0 Å². The van der Waals surface area contributed by atoms with Crippen LogP contribution in [0.4, 0.5) is 0 Å². The summed E-state index contributed by atoms with van der Waals surface area (Å²) in [7, 11) is 0. The number of thiophene rings is 1. The maximum Gasteiger partial charge on any atom is 0.0946 e. The summed E-state index contributed by atoms with van der Waals surface area (Å²) in [4.78, 5) is 0. The fourth-order valence-corrected chi connectivity index (χ4v) is 4.64. The molecule has 0 saturated heterocycles. The summed E-state index contributed by atoms with van der Waals surface area (Å²) in [6.07, 6.45) is 1.95. The molecule has 84 valence electrons. The van der Waals surface area contributed by atoms with Crippen molar-refractivity contribution in [1.82, 2.24) is 0 Å². The van der Waals surface area contributed by atoms with Crippen LogP contribution in [-0.2, 0) is 5.60 Å². The highest BCUT2D eigenvalue weighted by Gasteiger charge is 2.49. The number of hydrogen-bond acceptors (Lipinski definition) is 2. The molecular weight excluding hydrogens is 272 g/mol. The average Bonchev–Trinajstić information content (AvgIpc) is 2.56. The second kappa shape index (κ2) is 3.57. The Hall–Kier alpha value is 0.140.